The summed E-state index contributed by atoms with van der Waals surface area (Å²) in [6.07, 6.45) is 1.67. The van der Waals surface area contributed by atoms with Gasteiger partial charge in [-0.3, -0.25) is 4.98 Å². The van der Waals surface area contributed by atoms with Gasteiger partial charge in [-0.1, -0.05) is 39.0 Å². The highest BCUT2D eigenvalue weighted by Gasteiger charge is 2.21. The van der Waals surface area contributed by atoms with Crippen LogP contribution in [0.4, 0.5) is 0 Å². The third kappa shape index (κ3) is 1.65. The van der Waals surface area contributed by atoms with Crippen molar-refractivity contribution < 1.29 is 0 Å². The predicted octanol–water partition coefficient (Wildman–Crippen LogP) is 3.40. The van der Waals surface area contributed by atoms with E-state index in [0.717, 1.165) is 16.5 Å². The fraction of sp³-hybridized carbons (Fsp3) is 0.286. The second kappa shape index (κ2) is 3.61. The summed E-state index contributed by atoms with van der Waals surface area (Å²) in [5.74, 6) is 0. The van der Waals surface area contributed by atoms with Crippen LogP contribution in [0, 0.1) is 11.3 Å². The summed E-state index contributed by atoms with van der Waals surface area (Å²) in [7, 11) is 0. The Morgan fingerprint density at radius 2 is 1.88 bits per heavy atom. The van der Waals surface area contributed by atoms with Crippen LogP contribution in [0.1, 0.15) is 31.9 Å². The van der Waals surface area contributed by atoms with Gasteiger partial charge in [0, 0.05) is 11.6 Å². The molecule has 0 aliphatic heterocycles. The van der Waals surface area contributed by atoms with Gasteiger partial charge in [-0.15, -0.1) is 0 Å². The van der Waals surface area contributed by atoms with Crippen molar-refractivity contribution in [1.82, 2.24) is 4.98 Å². The number of pyridine rings is 1. The van der Waals surface area contributed by atoms with Crippen molar-refractivity contribution in [2.45, 2.75) is 26.2 Å². The number of benzene rings is 1. The average Bonchev–Trinajstić information content (AvgIpc) is 2.26. The third-order valence-electron chi connectivity index (χ3n) is 2.65. The minimum atomic E-state index is -0.0480. The number of aromatic nitrogens is 1. The second-order valence-electron chi connectivity index (χ2n) is 4.93. The van der Waals surface area contributed by atoms with Crippen LogP contribution >= 0.6 is 0 Å². The van der Waals surface area contributed by atoms with E-state index in [4.69, 9.17) is 5.26 Å². The highest BCUT2D eigenvalue weighted by Crippen LogP contribution is 2.31. The van der Waals surface area contributed by atoms with Crippen LogP contribution in [0.3, 0.4) is 0 Å². The van der Waals surface area contributed by atoms with Crippen LogP contribution in [-0.4, -0.2) is 4.98 Å². The molecular formula is C14H14N2. The van der Waals surface area contributed by atoms with E-state index in [0.29, 0.717) is 5.56 Å². The Kier molecular flexibility index (Phi) is 2.40. The molecule has 0 spiro atoms. The molecule has 0 saturated carbocycles. The van der Waals surface area contributed by atoms with Gasteiger partial charge < -0.3 is 0 Å². The van der Waals surface area contributed by atoms with Crippen molar-refractivity contribution in [2.75, 3.05) is 0 Å². The van der Waals surface area contributed by atoms with E-state index in [-0.39, 0.29) is 5.41 Å². The minimum absolute atomic E-state index is 0.0480. The van der Waals surface area contributed by atoms with Crippen LogP contribution in [0.25, 0.3) is 10.9 Å². The van der Waals surface area contributed by atoms with Crippen LogP contribution in [0.5, 0.6) is 0 Å². The highest BCUT2D eigenvalue weighted by atomic mass is 14.7. The van der Waals surface area contributed by atoms with Gasteiger partial charge in [-0.05, 0) is 17.0 Å². The monoisotopic (exact) mass is 210 g/mol. The SMILES string of the molecule is CC(C)(C)c1c(C#N)cnc2ccccc12. The van der Waals surface area contributed by atoms with E-state index in [1.165, 1.54) is 0 Å². The van der Waals surface area contributed by atoms with E-state index in [9.17, 15) is 0 Å². The molecule has 0 N–H and O–H groups in total. The lowest BCUT2D eigenvalue weighted by molar-refractivity contribution is 0.593. The lowest BCUT2D eigenvalue weighted by atomic mass is 9.82. The third-order valence-corrected chi connectivity index (χ3v) is 2.65. The van der Waals surface area contributed by atoms with Crippen LogP contribution in [-0.2, 0) is 5.41 Å². The summed E-state index contributed by atoms with van der Waals surface area (Å²) in [5, 5.41) is 10.2. The maximum absolute atomic E-state index is 9.15. The number of para-hydroxylation sites is 1. The first kappa shape index (κ1) is 10.6. The van der Waals surface area contributed by atoms with Gasteiger partial charge in [0.15, 0.2) is 0 Å². The van der Waals surface area contributed by atoms with Crippen molar-refractivity contribution in [3.05, 3.63) is 41.6 Å². The normalized spacial score (nSPS) is 11.4. The molecule has 1 aromatic carbocycles. The fourth-order valence-corrected chi connectivity index (χ4v) is 2.03. The standard InChI is InChI=1S/C14H14N2/c1-14(2,3)13-10(8-15)9-16-12-7-5-4-6-11(12)13/h4-7,9H,1-3H3. The van der Waals surface area contributed by atoms with E-state index in [2.05, 4.69) is 31.8 Å². The Labute approximate surface area is 95.6 Å². The molecule has 2 heteroatoms. The van der Waals surface area contributed by atoms with Crippen LogP contribution < -0.4 is 0 Å². The van der Waals surface area contributed by atoms with Crippen molar-refractivity contribution in [3.63, 3.8) is 0 Å². The zero-order valence-electron chi connectivity index (χ0n) is 9.78. The zero-order valence-corrected chi connectivity index (χ0v) is 9.78. The first-order valence-electron chi connectivity index (χ1n) is 5.32. The van der Waals surface area contributed by atoms with Crippen molar-refractivity contribution in [2.24, 2.45) is 0 Å². The molecule has 0 atom stereocenters. The molecule has 2 rings (SSSR count). The first-order valence-corrected chi connectivity index (χ1v) is 5.32. The number of fused-ring (bicyclic) bond motifs is 1. The Morgan fingerprint density at radius 3 is 2.50 bits per heavy atom. The van der Waals surface area contributed by atoms with Gasteiger partial charge in [0.05, 0.1) is 11.1 Å². The maximum Gasteiger partial charge on any atom is 0.101 e. The molecule has 1 aromatic heterocycles. The molecule has 0 saturated heterocycles. The number of rotatable bonds is 0. The molecule has 0 fully saturated rings. The molecule has 80 valence electrons. The molecule has 0 aliphatic carbocycles. The van der Waals surface area contributed by atoms with Crippen molar-refractivity contribution in [3.8, 4) is 6.07 Å². The molecule has 2 aromatic rings. The maximum atomic E-state index is 9.15. The van der Waals surface area contributed by atoms with E-state index >= 15 is 0 Å². The van der Waals surface area contributed by atoms with Gasteiger partial charge >= 0.3 is 0 Å². The fourth-order valence-electron chi connectivity index (χ4n) is 2.03. The molecule has 0 bridgehead atoms. The summed E-state index contributed by atoms with van der Waals surface area (Å²) < 4.78 is 0. The second-order valence-corrected chi connectivity index (χ2v) is 4.93. The Balaban J connectivity index is 2.91. The Hall–Kier alpha value is -1.88. The van der Waals surface area contributed by atoms with Gasteiger partial charge in [0.1, 0.15) is 6.07 Å². The van der Waals surface area contributed by atoms with Gasteiger partial charge in [0.25, 0.3) is 0 Å². The molecular weight excluding hydrogens is 196 g/mol. The largest absolute Gasteiger partial charge is 0.255 e. The highest BCUT2D eigenvalue weighted by molar-refractivity contribution is 5.84. The molecule has 0 amide bonds. The molecule has 0 radical (unpaired) electrons. The molecule has 1 heterocycles. The van der Waals surface area contributed by atoms with Crippen molar-refractivity contribution >= 4 is 10.9 Å². The molecule has 16 heavy (non-hydrogen) atoms. The number of hydrogen-bond acceptors (Lipinski definition) is 2. The summed E-state index contributed by atoms with van der Waals surface area (Å²) in [4.78, 5) is 4.30. The summed E-state index contributed by atoms with van der Waals surface area (Å²) in [5.41, 5.74) is 2.66. The number of hydrogen-bond donors (Lipinski definition) is 0. The van der Waals surface area contributed by atoms with Gasteiger partial charge in [0.2, 0.25) is 0 Å². The average molecular weight is 210 g/mol. The lowest BCUT2D eigenvalue weighted by Crippen LogP contribution is -2.14. The number of nitriles is 1. The summed E-state index contributed by atoms with van der Waals surface area (Å²) in [6.45, 7) is 6.36. The smallest absolute Gasteiger partial charge is 0.101 e. The topological polar surface area (TPSA) is 36.7 Å². The van der Waals surface area contributed by atoms with Crippen molar-refractivity contribution in [1.29, 1.82) is 5.26 Å². The minimum Gasteiger partial charge on any atom is -0.255 e. The molecule has 0 unspecified atom stereocenters. The molecule has 2 nitrogen and oxygen atoms in total. The summed E-state index contributed by atoms with van der Waals surface area (Å²) >= 11 is 0. The molecule has 0 aliphatic rings. The Morgan fingerprint density at radius 1 is 1.19 bits per heavy atom. The summed E-state index contributed by atoms with van der Waals surface area (Å²) in [6, 6.07) is 10.2. The van der Waals surface area contributed by atoms with Gasteiger partial charge in [-0.25, -0.2) is 0 Å². The lowest BCUT2D eigenvalue weighted by Gasteiger charge is -2.22. The number of nitrogens with zero attached hydrogens (tertiary/aromatic N) is 2. The van der Waals surface area contributed by atoms with E-state index in [1.54, 1.807) is 6.20 Å². The van der Waals surface area contributed by atoms with Gasteiger partial charge in [-0.2, -0.15) is 5.26 Å². The predicted molar refractivity (Wildman–Crippen MR) is 65.2 cm³/mol. The van der Waals surface area contributed by atoms with Crippen LogP contribution in [0.15, 0.2) is 30.5 Å². The Bertz CT molecular complexity index is 571. The van der Waals surface area contributed by atoms with E-state index in [1.807, 2.05) is 24.3 Å². The zero-order chi connectivity index (χ0) is 11.8. The van der Waals surface area contributed by atoms with Crippen LogP contribution in [0.2, 0.25) is 0 Å². The van der Waals surface area contributed by atoms with E-state index < -0.39 is 0 Å². The first-order chi connectivity index (χ1) is 7.54. The quantitative estimate of drug-likeness (QED) is 0.668.